The highest BCUT2D eigenvalue weighted by Gasteiger charge is 1.94. The van der Waals surface area contributed by atoms with Crippen molar-refractivity contribution in [3.05, 3.63) is 23.8 Å². The Balaban J connectivity index is 3.17. The van der Waals surface area contributed by atoms with E-state index < -0.39 is 5.95 Å². The zero-order chi connectivity index (χ0) is 6.85. The Labute approximate surface area is 52.5 Å². The molecule has 0 spiro atoms. The number of aryl methyl sites for hydroxylation is 1. The second-order valence-corrected chi connectivity index (χ2v) is 1.86. The van der Waals surface area contributed by atoms with Gasteiger partial charge in [-0.05, 0) is 12.5 Å². The first-order valence-electron chi connectivity index (χ1n) is 2.58. The molecule has 0 amide bonds. The lowest BCUT2D eigenvalue weighted by Crippen LogP contribution is -1.92. The molecule has 0 aliphatic carbocycles. The van der Waals surface area contributed by atoms with Crippen LogP contribution < -0.4 is 5.73 Å². The standard InChI is InChI=1S/C6H7FN2/c1-4-3-9-6(7)2-5(4)8/h2-3H,1H3,(H2,8,9). The number of nitrogen functional groups attached to an aromatic ring is 1. The molecule has 1 rings (SSSR count). The molecule has 0 saturated heterocycles. The van der Waals surface area contributed by atoms with Gasteiger partial charge in [-0.3, -0.25) is 0 Å². The molecule has 9 heavy (non-hydrogen) atoms. The quantitative estimate of drug-likeness (QED) is 0.529. The minimum atomic E-state index is -0.530. The van der Waals surface area contributed by atoms with Crippen LogP contribution in [0.5, 0.6) is 0 Å². The average Bonchev–Trinajstić information content (AvgIpc) is 1.80. The maximum atomic E-state index is 12.2. The number of halogens is 1. The van der Waals surface area contributed by atoms with E-state index in [1.165, 1.54) is 12.3 Å². The number of rotatable bonds is 0. The van der Waals surface area contributed by atoms with E-state index >= 15 is 0 Å². The summed E-state index contributed by atoms with van der Waals surface area (Å²) < 4.78 is 12.2. The fourth-order valence-electron chi connectivity index (χ4n) is 0.512. The van der Waals surface area contributed by atoms with E-state index in [1.54, 1.807) is 6.92 Å². The minimum absolute atomic E-state index is 0.447. The average molecular weight is 126 g/mol. The highest BCUT2D eigenvalue weighted by molar-refractivity contribution is 5.43. The van der Waals surface area contributed by atoms with Crippen molar-refractivity contribution in [1.82, 2.24) is 4.98 Å². The van der Waals surface area contributed by atoms with Gasteiger partial charge in [0.15, 0.2) is 0 Å². The molecule has 0 radical (unpaired) electrons. The van der Waals surface area contributed by atoms with Crippen LogP contribution in [0.1, 0.15) is 5.56 Å². The van der Waals surface area contributed by atoms with Crippen LogP contribution in [0.25, 0.3) is 0 Å². The molecule has 3 heteroatoms. The second-order valence-electron chi connectivity index (χ2n) is 1.86. The molecular weight excluding hydrogens is 119 g/mol. The Morgan fingerprint density at radius 3 is 2.78 bits per heavy atom. The second kappa shape index (κ2) is 2.01. The van der Waals surface area contributed by atoms with Crippen molar-refractivity contribution in [3.8, 4) is 0 Å². The third kappa shape index (κ3) is 1.16. The SMILES string of the molecule is Cc1cnc(F)cc1N. The topological polar surface area (TPSA) is 38.9 Å². The van der Waals surface area contributed by atoms with Crippen molar-refractivity contribution < 1.29 is 4.39 Å². The first-order chi connectivity index (χ1) is 4.20. The van der Waals surface area contributed by atoms with Crippen molar-refractivity contribution >= 4 is 5.69 Å². The van der Waals surface area contributed by atoms with Gasteiger partial charge in [0.05, 0.1) is 0 Å². The summed E-state index contributed by atoms with van der Waals surface area (Å²) in [6.45, 7) is 1.78. The van der Waals surface area contributed by atoms with Gasteiger partial charge in [0.1, 0.15) is 0 Å². The van der Waals surface area contributed by atoms with Crippen LogP contribution in [-0.4, -0.2) is 4.98 Å². The van der Waals surface area contributed by atoms with Gasteiger partial charge in [0.2, 0.25) is 5.95 Å². The van der Waals surface area contributed by atoms with E-state index in [0.29, 0.717) is 5.69 Å². The van der Waals surface area contributed by atoms with Crippen molar-refractivity contribution in [2.24, 2.45) is 0 Å². The van der Waals surface area contributed by atoms with Crippen LogP contribution in [-0.2, 0) is 0 Å². The number of nitrogens with zero attached hydrogens (tertiary/aromatic N) is 1. The third-order valence-electron chi connectivity index (χ3n) is 1.11. The number of aromatic nitrogens is 1. The van der Waals surface area contributed by atoms with Gasteiger partial charge < -0.3 is 5.73 Å². The Morgan fingerprint density at radius 1 is 1.67 bits per heavy atom. The molecule has 1 aromatic rings. The molecule has 0 unspecified atom stereocenters. The van der Waals surface area contributed by atoms with Crippen molar-refractivity contribution in [1.29, 1.82) is 0 Å². The fourth-order valence-corrected chi connectivity index (χ4v) is 0.512. The summed E-state index contributed by atoms with van der Waals surface area (Å²) in [4.78, 5) is 3.39. The Hall–Kier alpha value is -1.12. The van der Waals surface area contributed by atoms with Crippen LogP contribution in [0.4, 0.5) is 10.1 Å². The van der Waals surface area contributed by atoms with Crippen molar-refractivity contribution in [2.45, 2.75) is 6.92 Å². The predicted molar refractivity (Wildman–Crippen MR) is 33.3 cm³/mol. The lowest BCUT2D eigenvalue weighted by molar-refractivity contribution is 0.584. The van der Waals surface area contributed by atoms with Gasteiger partial charge in [0.25, 0.3) is 0 Å². The zero-order valence-electron chi connectivity index (χ0n) is 5.06. The van der Waals surface area contributed by atoms with Crippen molar-refractivity contribution in [2.75, 3.05) is 5.73 Å². The molecule has 0 atom stereocenters. The van der Waals surface area contributed by atoms with E-state index in [0.717, 1.165) is 5.56 Å². The van der Waals surface area contributed by atoms with Gasteiger partial charge in [-0.2, -0.15) is 4.39 Å². The van der Waals surface area contributed by atoms with Crippen LogP contribution in [0, 0.1) is 12.9 Å². The Bertz CT molecular complexity index is 222. The Kier molecular flexibility index (Phi) is 1.34. The molecule has 0 saturated carbocycles. The molecule has 2 nitrogen and oxygen atoms in total. The lowest BCUT2D eigenvalue weighted by atomic mass is 10.3. The molecule has 0 aliphatic rings. The maximum absolute atomic E-state index is 12.2. The van der Waals surface area contributed by atoms with Gasteiger partial charge in [-0.25, -0.2) is 4.98 Å². The summed E-state index contributed by atoms with van der Waals surface area (Å²) in [5.41, 5.74) is 6.59. The number of nitrogens with two attached hydrogens (primary N) is 1. The number of pyridine rings is 1. The van der Waals surface area contributed by atoms with Crippen LogP contribution in [0.3, 0.4) is 0 Å². The number of hydrogen-bond donors (Lipinski definition) is 1. The molecule has 0 bridgehead atoms. The summed E-state index contributed by atoms with van der Waals surface area (Å²) in [5, 5.41) is 0. The molecule has 0 fully saturated rings. The van der Waals surface area contributed by atoms with Crippen LogP contribution in [0.15, 0.2) is 12.3 Å². The summed E-state index contributed by atoms with van der Waals surface area (Å²) in [6.07, 6.45) is 1.41. The first kappa shape index (κ1) is 6.01. The van der Waals surface area contributed by atoms with E-state index in [9.17, 15) is 4.39 Å². The largest absolute Gasteiger partial charge is 0.398 e. The maximum Gasteiger partial charge on any atom is 0.214 e. The van der Waals surface area contributed by atoms with Crippen LogP contribution in [0.2, 0.25) is 0 Å². The zero-order valence-corrected chi connectivity index (χ0v) is 5.06. The summed E-state index contributed by atoms with van der Waals surface area (Å²) in [5.74, 6) is -0.530. The number of hydrogen-bond acceptors (Lipinski definition) is 2. The smallest absolute Gasteiger partial charge is 0.214 e. The van der Waals surface area contributed by atoms with Crippen molar-refractivity contribution in [3.63, 3.8) is 0 Å². The van der Waals surface area contributed by atoms with E-state index in [-0.39, 0.29) is 0 Å². The minimum Gasteiger partial charge on any atom is -0.398 e. The highest BCUT2D eigenvalue weighted by Crippen LogP contribution is 2.07. The monoisotopic (exact) mass is 126 g/mol. The fraction of sp³-hybridized carbons (Fsp3) is 0.167. The first-order valence-corrected chi connectivity index (χ1v) is 2.58. The van der Waals surface area contributed by atoms with E-state index in [4.69, 9.17) is 5.73 Å². The normalized spacial score (nSPS) is 9.56. The molecule has 2 N–H and O–H groups in total. The van der Waals surface area contributed by atoms with E-state index in [2.05, 4.69) is 4.98 Å². The van der Waals surface area contributed by atoms with Gasteiger partial charge in [0, 0.05) is 18.0 Å². The van der Waals surface area contributed by atoms with Gasteiger partial charge in [-0.1, -0.05) is 0 Å². The van der Waals surface area contributed by atoms with Gasteiger partial charge in [-0.15, -0.1) is 0 Å². The Morgan fingerprint density at radius 2 is 2.33 bits per heavy atom. The molecule has 48 valence electrons. The lowest BCUT2D eigenvalue weighted by Gasteiger charge is -1.95. The molecule has 0 aliphatic heterocycles. The molecule has 1 aromatic heterocycles. The molecule has 1 heterocycles. The summed E-state index contributed by atoms with van der Waals surface area (Å²) >= 11 is 0. The summed E-state index contributed by atoms with van der Waals surface area (Å²) in [6, 6.07) is 1.20. The van der Waals surface area contributed by atoms with Crippen LogP contribution >= 0.6 is 0 Å². The molecular formula is C6H7FN2. The van der Waals surface area contributed by atoms with Gasteiger partial charge >= 0.3 is 0 Å². The molecule has 0 aromatic carbocycles. The highest BCUT2D eigenvalue weighted by atomic mass is 19.1. The predicted octanol–water partition coefficient (Wildman–Crippen LogP) is 1.11. The summed E-state index contributed by atoms with van der Waals surface area (Å²) in [7, 11) is 0. The third-order valence-corrected chi connectivity index (χ3v) is 1.11. The number of anilines is 1. The van der Waals surface area contributed by atoms with E-state index in [1.807, 2.05) is 0 Å².